The van der Waals surface area contributed by atoms with Crippen molar-refractivity contribution in [3.8, 4) is 11.1 Å². The highest BCUT2D eigenvalue weighted by Crippen LogP contribution is 2.39. The smallest absolute Gasteiger partial charge is 0.224 e. The number of alkyl halides is 3. The highest BCUT2D eigenvalue weighted by molar-refractivity contribution is 9.10. The van der Waals surface area contributed by atoms with Crippen molar-refractivity contribution in [3.05, 3.63) is 52.5 Å². The van der Waals surface area contributed by atoms with Crippen molar-refractivity contribution in [1.29, 1.82) is 0 Å². The van der Waals surface area contributed by atoms with Crippen LogP contribution in [0.25, 0.3) is 11.1 Å². The summed E-state index contributed by atoms with van der Waals surface area (Å²) in [5.74, 6) is 0. The topological polar surface area (TPSA) is 34.1 Å². The van der Waals surface area contributed by atoms with E-state index in [0.29, 0.717) is 4.47 Å². The molecular weight excluding hydrogens is 369 g/mol. The zero-order valence-electron chi connectivity index (χ0n) is 10.8. The molecule has 112 valence electrons. The Kier molecular flexibility index (Phi) is 4.17. The molecule has 0 aliphatic rings. The molecular formula is C14H10BrF3O2S. The maximum Gasteiger partial charge on any atom is 0.417 e. The Hall–Kier alpha value is -1.34. The van der Waals surface area contributed by atoms with Crippen LogP contribution in [0.4, 0.5) is 13.2 Å². The number of rotatable bonds is 2. The van der Waals surface area contributed by atoms with Crippen molar-refractivity contribution in [1.82, 2.24) is 0 Å². The van der Waals surface area contributed by atoms with Crippen molar-refractivity contribution >= 4 is 25.8 Å². The maximum absolute atomic E-state index is 13.1. The molecule has 21 heavy (non-hydrogen) atoms. The van der Waals surface area contributed by atoms with E-state index < -0.39 is 21.6 Å². The molecule has 0 saturated heterocycles. The molecule has 0 aromatic heterocycles. The van der Waals surface area contributed by atoms with Gasteiger partial charge in [-0.3, -0.25) is 0 Å². The first kappa shape index (κ1) is 16.0. The lowest BCUT2D eigenvalue weighted by Gasteiger charge is -2.14. The molecule has 2 aromatic rings. The molecule has 0 N–H and O–H groups in total. The van der Waals surface area contributed by atoms with Crippen LogP contribution in [0.2, 0.25) is 0 Å². The van der Waals surface area contributed by atoms with Crippen molar-refractivity contribution in [2.75, 3.05) is 6.26 Å². The second-order valence-corrected chi connectivity index (χ2v) is 7.42. The molecule has 2 aromatic carbocycles. The van der Waals surface area contributed by atoms with Crippen LogP contribution >= 0.6 is 15.9 Å². The number of hydrogen-bond donors (Lipinski definition) is 0. The van der Waals surface area contributed by atoms with Gasteiger partial charge in [-0.25, -0.2) is 8.42 Å². The minimum Gasteiger partial charge on any atom is -0.224 e. The van der Waals surface area contributed by atoms with Crippen LogP contribution < -0.4 is 0 Å². The van der Waals surface area contributed by atoms with Gasteiger partial charge in [-0.15, -0.1) is 0 Å². The van der Waals surface area contributed by atoms with Gasteiger partial charge in [0.15, 0.2) is 9.84 Å². The summed E-state index contributed by atoms with van der Waals surface area (Å²) in [6.45, 7) is 0. The van der Waals surface area contributed by atoms with Crippen LogP contribution in [0.1, 0.15) is 5.56 Å². The van der Waals surface area contributed by atoms with E-state index in [4.69, 9.17) is 0 Å². The van der Waals surface area contributed by atoms with Gasteiger partial charge in [-0.2, -0.15) is 13.2 Å². The van der Waals surface area contributed by atoms with Gasteiger partial charge in [0.05, 0.1) is 10.5 Å². The van der Waals surface area contributed by atoms with Crippen LogP contribution in [-0.4, -0.2) is 14.7 Å². The molecule has 0 saturated carbocycles. The minimum absolute atomic E-state index is 0.0176. The molecule has 0 amide bonds. The summed E-state index contributed by atoms with van der Waals surface area (Å²) in [7, 11) is -3.48. The van der Waals surface area contributed by atoms with Gasteiger partial charge in [0.25, 0.3) is 0 Å². The molecule has 2 rings (SSSR count). The van der Waals surface area contributed by atoms with Gasteiger partial charge < -0.3 is 0 Å². The highest BCUT2D eigenvalue weighted by atomic mass is 79.9. The Bertz CT molecular complexity index is 783. The first-order valence-electron chi connectivity index (χ1n) is 5.76. The number of sulfone groups is 1. The third-order valence-electron chi connectivity index (χ3n) is 2.86. The second kappa shape index (κ2) is 5.46. The molecule has 0 aliphatic heterocycles. The molecule has 0 radical (unpaired) electrons. The van der Waals surface area contributed by atoms with Gasteiger partial charge in [0.1, 0.15) is 0 Å². The summed E-state index contributed by atoms with van der Waals surface area (Å²) in [6, 6.07) is 9.24. The van der Waals surface area contributed by atoms with Crippen molar-refractivity contribution in [3.63, 3.8) is 0 Å². The summed E-state index contributed by atoms with van der Waals surface area (Å²) in [4.78, 5) is -0.0176. The molecule has 0 spiro atoms. The number of halogens is 4. The third kappa shape index (κ3) is 3.65. The molecule has 2 nitrogen and oxygen atoms in total. The van der Waals surface area contributed by atoms with Crippen molar-refractivity contribution in [2.45, 2.75) is 11.1 Å². The SMILES string of the molecule is CS(=O)(=O)c1cccc(-c2ccc(Br)cc2C(F)(F)F)c1. The normalized spacial score (nSPS) is 12.4. The largest absolute Gasteiger partial charge is 0.417 e. The molecule has 0 atom stereocenters. The van der Waals surface area contributed by atoms with E-state index in [-0.39, 0.29) is 16.0 Å². The highest BCUT2D eigenvalue weighted by Gasteiger charge is 2.34. The van der Waals surface area contributed by atoms with E-state index >= 15 is 0 Å². The Morgan fingerprint density at radius 1 is 1.05 bits per heavy atom. The minimum atomic E-state index is -4.53. The van der Waals surface area contributed by atoms with Crippen molar-refractivity contribution in [2.24, 2.45) is 0 Å². The predicted molar refractivity (Wildman–Crippen MR) is 77.7 cm³/mol. The third-order valence-corrected chi connectivity index (χ3v) is 4.46. The molecule has 0 aliphatic carbocycles. The predicted octanol–water partition coefficient (Wildman–Crippen LogP) is 4.54. The van der Waals surface area contributed by atoms with Crippen LogP contribution in [0.3, 0.4) is 0 Å². The first-order chi connectivity index (χ1) is 9.59. The second-order valence-electron chi connectivity index (χ2n) is 4.49. The van der Waals surface area contributed by atoms with E-state index in [1.54, 1.807) is 0 Å². The van der Waals surface area contributed by atoms with E-state index in [2.05, 4.69) is 15.9 Å². The van der Waals surface area contributed by atoms with Crippen LogP contribution in [0.5, 0.6) is 0 Å². The number of hydrogen-bond acceptors (Lipinski definition) is 2. The monoisotopic (exact) mass is 378 g/mol. The lowest BCUT2D eigenvalue weighted by atomic mass is 9.99. The Morgan fingerprint density at radius 2 is 1.71 bits per heavy atom. The van der Waals surface area contributed by atoms with Crippen LogP contribution in [0.15, 0.2) is 51.8 Å². The lowest BCUT2D eigenvalue weighted by Crippen LogP contribution is -2.07. The summed E-state index contributed by atoms with van der Waals surface area (Å²) >= 11 is 3.01. The van der Waals surface area contributed by atoms with E-state index in [0.717, 1.165) is 12.3 Å². The van der Waals surface area contributed by atoms with Crippen molar-refractivity contribution < 1.29 is 21.6 Å². The van der Waals surface area contributed by atoms with Gasteiger partial charge in [-0.1, -0.05) is 34.1 Å². The van der Waals surface area contributed by atoms with Crippen LogP contribution in [0, 0.1) is 0 Å². The summed E-state index contributed by atoms with van der Waals surface area (Å²) in [5.41, 5.74) is -0.670. The van der Waals surface area contributed by atoms with Gasteiger partial charge >= 0.3 is 6.18 Å². The lowest BCUT2D eigenvalue weighted by molar-refractivity contribution is -0.137. The molecule has 7 heteroatoms. The molecule has 0 bridgehead atoms. The van der Waals surface area contributed by atoms with E-state index in [1.807, 2.05) is 0 Å². The Morgan fingerprint density at radius 3 is 2.29 bits per heavy atom. The average molecular weight is 379 g/mol. The first-order valence-corrected chi connectivity index (χ1v) is 8.45. The standard InChI is InChI=1S/C14H10BrF3O2S/c1-21(19,20)11-4-2-3-9(7-11)12-6-5-10(15)8-13(12)14(16,17)18/h2-8H,1H3. The van der Waals surface area contributed by atoms with E-state index in [1.165, 1.54) is 36.4 Å². The fourth-order valence-corrected chi connectivity index (χ4v) is 2.92. The summed E-state index contributed by atoms with van der Waals surface area (Å²) in [6.07, 6.45) is -3.52. The molecule has 0 heterocycles. The Labute approximate surface area is 128 Å². The number of benzene rings is 2. The zero-order chi connectivity index (χ0) is 15.8. The average Bonchev–Trinajstić information content (AvgIpc) is 2.37. The molecule has 0 unspecified atom stereocenters. The fraction of sp³-hybridized carbons (Fsp3) is 0.143. The van der Waals surface area contributed by atoms with Gasteiger partial charge in [0, 0.05) is 10.7 Å². The zero-order valence-corrected chi connectivity index (χ0v) is 13.2. The summed E-state index contributed by atoms with van der Waals surface area (Å²) in [5, 5.41) is 0. The van der Waals surface area contributed by atoms with Crippen LogP contribution in [-0.2, 0) is 16.0 Å². The Balaban J connectivity index is 2.68. The van der Waals surface area contributed by atoms with Gasteiger partial charge in [-0.05, 0) is 35.4 Å². The van der Waals surface area contributed by atoms with Gasteiger partial charge in [0.2, 0.25) is 0 Å². The van der Waals surface area contributed by atoms with E-state index in [9.17, 15) is 21.6 Å². The fourth-order valence-electron chi connectivity index (χ4n) is 1.90. The maximum atomic E-state index is 13.1. The quantitative estimate of drug-likeness (QED) is 0.768. The molecule has 0 fully saturated rings. The summed E-state index contributed by atoms with van der Waals surface area (Å²) < 4.78 is 62.7.